The van der Waals surface area contributed by atoms with Crippen LogP contribution in [0.4, 0.5) is 0 Å². The summed E-state index contributed by atoms with van der Waals surface area (Å²) in [7, 11) is 0. The fraction of sp³-hybridized carbons (Fsp3) is 0.414. The van der Waals surface area contributed by atoms with Gasteiger partial charge in [-0.15, -0.1) is 16.9 Å². The molecule has 10 heteroatoms. The Bertz CT molecular complexity index is 1300. The van der Waals surface area contributed by atoms with E-state index in [2.05, 4.69) is 20.9 Å². The number of hydrogen-bond donors (Lipinski definition) is 2. The SMILES string of the molecule is CSc1ccc(C(=O)N2CCC3(CC2)Cc2cn(nn2)CCCNC(=O)[C@H](Cc2ccccc2)NC3=O)cc1. The quantitative estimate of drug-likeness (QED) is 0.487. The summed E-state index contributed by atoms with van der Waals surface area (Å²) in [4.78, 5) is 43.4. The molecule has 0 unspecified atom stereocenters. The van der Waals surface area contributed by atoms with Crippen LogP contribution in [0.3, 0.4) is 0 Å². The van der Waals surface area contributed by atoms with E-state index in [1.165, 1.54) is 0 Å². The zero-order valence-electron chi connectivity index (χ0n) is 22.1. The molecule has 1 fully saturated rings. The molecule has 204 valence electrons. The van der Waals surface area contributed by atoms with Gasteiger partial charge >= 0.3 is 0 Å². The number of carbonyl (C=O) groups is 3. The van der Waals surface area contributed by atoms with Crippen molar-refractivity contribution in [3.8, 4) is 0 Å². The Morgan fingerprint density at radius 2 is 1.79 bits per heavy atom. The molecule has 3 aromatic rings. The number of aryl methyl sites for hydroxylation is 1. The number of hydrogen-bond acceptors (Lipinski definition) is 6. The third-order valence-electron chi connectivity index (χ3n) is 7.70. The van der Waals surface area contributed by atoms with Gasteiger partial charge in [-0.2, -0.15) is 0 Å². The van der Waals surface area contributed by atoms with Gasteiger partial charge in [0.25, 0.3) is 5.91 Å². The molecule has 2 aliphatic rings. The lowest BCUT2D eigenvalue weighted by molar-refractivity contribution is -0.137. The van der Waals surface area contributed by atoms with Crippen molar-refractivity contribution < 1.29 is 14.4 Å². The standard InChI is InChI=1S/C29H34N6O3S/c1-39-24-10-8-22(9-11-24)27(37)34-16-12-29(13-17-34)19-23-20-35(33-32-23)15-5-14-30-26(36)25(31-28(29)38)18-21-6-3-2-4-7-21/h2-4,6-11,20,25H,5,12-19H2,1H3,(H,30,36)(H,31,38)/t25-/m0/s1. The van der Waals surface area contributed by atoms with E-state index in [1.54, 1.807) is 16.4 Å². The van der Waals surface area contributed by atoms with Gasteiger partial charge in [0, 0.05) is 55.7 Å². The van der Waals surface area contributed by atoms with Crippen LogP contribution in [-0.2, 0) is 29.0 Å². The van der Waals surface area contributed by atoms with E-state index in [9.17, 15) is 14.4 Å². The minimum Gasteiger partial charge on any atom is -0.354 e. The third kappa shape index (κ3) is 6.33. The summed E-state index contributed by atoms with van der Waals surface area (Å²) >= 11 is 1.63. The van der Waals surface area contributed by atoms with Crippen molar-refractivity contribution in [1.82, 2.24) is 30.5 Å². The molecule has 1 aromatic heterocycles. The number of thioether (sulfide) groups is 1. The minimum absolute atomic E-state index is 0.0326. The van der Waals surface area contributed by atoms with Crippen molar-refractivity contribution in [3.05, 3.63) is 77.6 Å². The fourth-order valence-electron chi connectivity index (χ4n) is 5.36. The predicted octanol–water partition coefficient (Wildman–Crippen LogP) is 2.71. The number of rotatable bonds is 4. The summed E-state index contributed by atoms with van der Waals surface area (Å²) in [5.41, 5.74) is 1.57. The van der Waals surface area contributed by atoms with Gasteiger partial charge in [0.2, 0.25) is 11.8 Å². The number of nitrogens with one attached hydrogen (secondary N) is 2. The molecule has 3 amide bonds. The molecule has 0 radical (unpaired) electrons. The van der Waals surface area contributed by atoms with Gasteiger partial charge in [0.1, 0.15) is 6.04 Å². The van der Waals surface area contributed by atoms with Gasteiger partial charge in [-0.05, 0) is 55.3 Å². The second-order valence-corrected chi connectivity index (χ2v) is 11.2. The zero-order valence-corrected chi connectivity index (χ0v) is 23.0. The fourth-order valence-corrected chi connectivity index (χ4v) is 5.77. The average molecular weight is 547 g/mol. The topological polar surface area (TPSA) is 109 Å². The maximum absolute atomic E-state index is 14.0. The lowest BCUT2D eigenvalue weighted by Crippen LogP contribution is -2.56. The summed E-state index contributed by atoms with van der Waals surface area (Å²) in [6.07, 6.45) is 6.35. The Morgan fingerprint density at radius 1 is 1.05 bits per heavy atom. The van der Waals surface area contributed by atoms with Crippen molar-refractivity contribution >= 4 is 29.5 Å². The highest BCUT2D eigenvalue weighted by Crippen LogP contribution is 2.36. The first-order chi connectivity index (χ1) is 19.0. The Morgan fingerprint density at radius 3 is 2.51 bits per heavy atom. The van der Waals surface area contributed by atoms with E-state index in [0.29, 0.717) is 63.8 Å². The van der Waals surface area contributed by atoms with Gasteiger partial charge in [-0.3, -0.25) is 19.1 Å². The van der Waals surface area contributed by atoms with Gasteiger partial charge in [-0.25, -0.2) is 0 Å². The normalized spacial score (nSPS) is 19.8. The number of benzene rings is 2. The van der Waals surface area contributed by atoms with Crippen LogP contribution in [0.25, 0.3) is 0 Å². The van der Waals surface area contributed by atoms with Crippen molar-refractivity contribution in [3.63, 3.8) is 0 Å². The Labute approximate surface area is 232 Å². The smallest absolute Gasteiger partial charge is 0.253 e. The Balaban J connectivity index is 1.37. The molecule has 0 saturated carbocycles. The zero-order chi connectivity index (χ0) is 27.2. The first-order valence-corrected chi connectivity index (χ1v) is 14.6. The summed E-state index contributed by atoms with van der Waals surface area (Å²) in [6.45, 7) is 2.00. The number of aromatic nitrogens is 3. The Kier molecular flexibility index (Phi) is 8.30. The second-order valence-electron chi connectivity index (χ2n) is 10.3. The van der Waals surface area contributed by atoms with Crippen LogP contribution in [0, 0.1) is 5.41 Å². The lowest BCUT2D eigenvalue weighted by atomic mass is 9.73. The molecular weight excluding hydrogens is 512 g/mol. The molecule has 1 atom stereocenters. The van der Waals surface area contributed by atoms with Gasteiger partial charge < -0.3 is 15.5 Å². The highest BCUT2D eigenvalue weighted by Gasteiger charge is 2.44. The Hall–Kier alpha value is -3.66. The summed E-state index contributed by atoms with van der Waals surface area (Å²) in [5, 5.41) is 14.7. The van der Waals surface area contributed by atoms with Gasteiger partial charge in [0.05, 0.1) is 11.1 Å². The van der Waals surface area contributed by atoms with Crippen LogP contribution in [0.5, 0.6) is 0 Å². The molecule has 1 saturated heterocycles. The van der Waals surface area contributed by atoms with Crippen molar-refractivity contribution in [2.75, 3.05) is 25.9 Å². The number of fused-ring (bicyclic) bond motifs is 2. The minimum atomic E-state index is -0.802. The molecule has 1 spiro atoms. The van der Waals surface area contributed by atoms with E-state index in [0.717, 1.165) is 16.2 Å². The summed E-state index contributed by atoms with van der Waals surface area (Å²) < 4.78 is 1.77. The molecule has 2 bridgehead atoms. The van der Waals surface area contributed by atoms with Gasteiger partial charge in [-0.1, -0.05) is 35.5 Å². The maximum atomic E-state index is 14.0. The summed E-state index contributed by atoms with van der Waals surface area (Å²) in [6, 6.07) is 16.6. The average Bonchev–Trinajstić information content (AvgIpc) is 3.41. The maximum Gasteiger partial charge on any atom is 0.253 e. The molecule has 2 aromatic carbocycles. The number of amides is 3. The third-order valence-corrected chi connectivity index (χ3v) is 8.44. The van der Waals surface area contributed by atoms with Crippen LogP contribution in [-0.4, -0.2) is 69.5 Å². The van der Waals surface area contributed by atoms with Crippen LogP contribution in [0.2, 0.25) is 0 Å². The van der Waals surface area contributed by atoms with Crippen LogP contribution >= 0.6 is 11.8 Å². The molecule has 5 rings (SSSR count). The predicted molar refractivity (Wildman–Crippen MR) is 149 cm³/mol. The highest BCUT2D eigenvalue weighted by atomic mass is 32.2. The molecule has 2 aliphatic heterocycles. The highest BCUT2D eigenvalue weighted by molar-refractivity contribution is 7.98. The van der Waals surface area contributed by atoms with E-state index < -0.39 is 11.5 Å². The number of likely N-dealkylation sites (tertiary alicyclic amines) is 1. The summed E-state index contributed by atoms with van der Waals surface area (Å²) in [5.74, 6) is -0.403. The first kappa shape index (κ1) is 26.9. The first-order valence-electron chi connectivity index (χ1n) is 13.4. The van der Waals surface area contributed by atoms with E-state index in [1.807, 2.05) is 71.9 Å². The molecule has 2 N–H and O–H groups in total. The molecule has 9 nitrogen and oxygen atoms in total. The number of carbonyl (C=O) groups excluding carboxylic acids is 3. The molecule has 39 heavy (non-hydrogen) atoms. The lowest BCUT2D eigenvalue weighted by Gasteiger charge is -2.41. The number of piperidine rings is 1. The molecule has 0 aliphatic carbocycles. The van der Waals surface area contributed by atoms with Crippen LogP contribution < -0.4 is 10.6 Å². The van der Waals surface area contributed by atoms with Gasteiger partial charge in [0.15, 0.2) is 0 Å². The largest absolute Gasteiger partial charge is 0.354 e. The van der Waals surface area contributed by atoms with Crippen LogP contribution in [0.15, 0.2) is 65.7 Å². The van der Waals surface area contributed by atoms with Crippen molar-refractivity contribution in [2.24, 2.45) is 5.41 Å². The van der Waals surface area contributed by atoms with E-state index >= 15 is 0 Å². The molecular formula is C29H34N6O3S. The number of nitrogens with zero attached hydrogens (tertiary/aromatic N) is 4. The van der Waals surface area contributed by atoms with Crippen molar-refractivity contribution in [2.45, 2.75) is 49.6 Å². The van der Waals surface area contributed by atoms with Crippen molar-refractivity contribution in [1.29, 1.82) is 0 Å². The van der Waals surface area contributed by atoms with E-state index in [4.69, 9.17) is 0 Å². The second kappa shape index (κ2) is 12.0. The van der Waals surface area contributed by atoms with Crippen LogP contribution in [0.1, 0.15) is 40.9 Å². The van der Waals surface area contributed by atoms with E-state index in [-0.39, 0.29) is 17.7 Å². The monoisotopic (exact) mass is 546 g/mol. The molecule has 3 heterocycles.